The third kappa shape index (κ3) is 57.3. The van der Waals surface area contributed by atoms with Crippen LogP contribution >= 0.6 is 7.82 Å². The second-order valence-corrected chi connectivity index (χ2v) is 22.3. The van der Waals surface area contributed by atoms with Crippen molar-refractivity contribution in [2.75, 3.05) is 26.4 Å². The van der Waals surface area contributed by atoms with Gasteiger partial charge in [-0.25, -0.2) is 4.57 Å². The lowest BCUT2D eigenvalue weighted by Crippen LogP contribution is -2.30. The van der Waals surface area contributed by atoms with Crippen LogP contribution in [0.4, 0.5) is 0 Å². The molecule has 0 fully saturated rings. The molecule has 12 heteroatoms. The molecule has 450 valence electrons. The highest BCUT2D eigenvalue weighted by atomic mass is 31.2. The highest BCUT2D eigenvalue weighted by molar-refractivity contribution is 7.47. The number of aliphatic hydroxyl groups excluding tert-OH is 1. The van der Waals surface area contributed by atoms with Crippen molar-refractivity contribution < 1.29 is 52.2 Å². The summed E-state index contributed by atoms with van der Waals surface area (Å²) in [6.07, 6.45) is 69.6. The molecule has 0 spiro atoms. The number of hydrogen-bond acceptors (Lipinski definition) is 10. The van der Waals surface area contributed by atoms with Crippen LogP contribution in [0.2, 0.25) is 0 Å². The lowest BCUT2D eigenvalue weighted by molar-refractivity contribution is -0.161. The standard InChI is InChI=1S/C66H115O11P/c1-4-7-10-13-16-19-22-25-28-30-31-33-35-37-40-43-46-49-52-55-64(68)73-59-63(77-66(70)57-54-51-48-45-42-39-36-32-29-26-23-20-17-14-11-8-5-2)61-75-78(71,72)74-60-62(58-67)76-65(69)56-53-50-47-44-41-38-34-27-24-21-18-15-12-9-6-3/h8,11,17-18,20-21,25-29,34,36,39,62-63,67H,4-7,9-10,12-16,19,22-24,30-33,35,37-38,40-61H2,1-3H3,(H,71,72)/b11-8-,20-17-,21-18-,28-25-,29-26-,34-27-,39-36-. The number of allylic oxidation sites excluding steroid dienone is 14. The zero-order chi connectivity index (χ0) is 56.9. The Bertz CT molecular complexity index is 1630. The Labute approximate surface area is 477 Å². The van der Waals surface area contributed by atoms with Crippen LogP contribution in [0.25, 0.3) is 0 Å². The molecule has 0 saturated heterocycles. The molecule has 0 aromatic rings. The molecular formula is C66H115O11P. The van der Waals surface area contributed by atoms with Crippen molar-refractivity contribution in [3.05, 3.63) is 85.1 Å². The summed E-state index contributed by atoms with van der Waals surface area (Å²) in [5.41, 5.74) is 0. The second-order valence-electron chi connectivity index (χ2n) is 20.8. The first-order valence-corrected chi connectivity index (χ1v) is 33.0. The average Bonchev–Trinajstić information content (AvgIpc) is 3.43. The Balaban J connectivity index is 4.75. The molecule has 0 radical (unpaired) electrons. The summed E-state index contributed by atoms with van der Waals surface area (Å²) in [4.78, 5) is 48.7. The van der Waals surface area contributed by atoms with Crippen molar-refractivity contribution >= 4 is 25.7 Å². The van der Waals surface area contributed by atoms with Gasteiger partial charge in [-0.3, -0.25) is 23.4 Å². The van der Waals surface area contributed by atoms with Crippen LogP contribution in [0.15, 0.2) is 85.1 Å². The van der Waals surface area contributed by atoms with E-state index in [1.54, 1.807) is 0 Å². The molecule has 0 saturated carbocycles. The van der Waals surface area contributed by atoms with E-state index >= 15 is 0 Å². The molecule has 0 bridgehead atoms. The fourth-order valence-electron chi connectivity index (χ4n) is 8.49. The van der Waals surface area contributed by atoms with E-state index in [4.69, 9.17) is 23.3 Å². The second kappa shape index (κ2) is 59.8. The Morgan fingerprint density at radius 3 is 1.06 bits per heavy atom. The maximum atomic E-state index is 12.9. The third-order valence-electron chi connectivity index (χ3n) is 13.3. The SMILES string of the molecule is CC/C=C\C/C=C\C/C=C\C/C=C\CCCCCCC(=O)OC(COC(=O)CCCCCCCCCCC/C=C\CCCCCCCC)COP(=O)(O)OCC(CO)OC(=O)CCCCCCC/C=C\C/C=C\CCCCC. The van der Waals surface area contributed by atoms with E-state index in [1.807, 2.05) is 0 Å². The van der Waals surface area contributed by atoms with Gasteiger partial charge in [0.15, 0.2) is 6.10 Å². The Morgan fingerprint density at radius 2 is 0.667 bits per heavy atom. The number of esters is 3. The van der Waals surface area contributed by atoms with E-state index in [1.165, 1.54) is 103 Å². The highest BCUT2D eigenvalue weighted by Gasteiger charge is 2.28. The van der Waals surface area contributed by atoms with Crippen LogP contribution in [0, 0.1) is 0 Å². The van der Waals surface area contributed by atoms with Gasteiger partial charge in [0.1, 0.15) is 12.7 Å². The van der Waals surface area contributed by atoms with E-state index in [9.17, 15) is 28.9 Å². The maximum absolute atomic E-state index is 12.9. The Hall–Kier alpha value is -3.34. The molecule has 3 unspecified atom stereocenters. The molecule has 0 heterocycles. The first kappa shape index (κ1) is 74.7. The van der Waals surface area contributed by atoms with Crippen molar-refractivity contribution in [1.82, 2.24) is 0 Å². The van der Waals surface area contributed by atoms with E-state index in [0.29, 0.717) is 19.3 Å². The molecule has 0 aliphatic heterocycles. The van der Waals surface area contributed by atoms with Gasteiger partial charge in [-0.15, -0.1) is 0 Å². The zero-order valence-corrected chi connectivity index (χ0v) is 50.8. The largest absolute Gasteiger partial charge is 0.472 e. The monoisotopic (exact) mass is 1110 g/mol. The first-order valence-electron chi connectivity index (χ1n) is 31.5. The summed E-state index contributed by atoms with van der Waals surface area (Å²) >= 11 is 0. The van der Waals surface area contributed by atoms with Crippen molar-refractivity contribution in [2.24, 2.45) is 0 Å². The minimum atomic E-state index is -4.77. The van der Waals surface area contributed by atoms with Gasteiger partial charge < -0.3 is 24.2 Å². The van der Waals surface area contributed by atoms with E-state index in [0.717, 1.165) is 116 Å². The summed E-state index contributed by atoms with van der Waals surface area (Å²) in [6, 6.07) is 0. The highest BCUT2D eigenvalue weighted by Crippen LogP contribution is 2.43. The Kier molecular flexibility index (Phi) is 57.2. The number of ether oxygens (including phenoxy) is 3. The molecule has 0 rings (SSSR count). The normalized spacial score (nSPS) is 13.9. The number of carbonyl (C=O) groups excluding carboxylic acids is 3. The third-order valence-corrected chi connectivity index (χ3v) is 14.2. The van der Waals surface area contributed by atoms with Gasteiger partial charge in [0, 0.05) is 19.3 Å². The predicted octanol–water partition coefficient (Wildman–Crippen LogP) is 19.0. The fourth-order valence-corrected chi connectivity index (χ4v) is 9.27. The molecule has 0 aromatic heterocycles. The minimum absolute atomic E-state index is 0.136. The fraction of sp³-hybridized carbons (Fsp3) is 0.742. The maximum Gasteiger partial charge on any atom is 0.472 e. The molecule has 0 amide bonds. The molecule has 78 heavy (non-hydrogen) atoms. The summed E-state index contributed by atoms with van der Waals surface area (Å²) in [7, 11) is -4.77. The number of aliphatic hydroxyl groups is 1. The molecule has 0 aromatic carbocycles. The van der Waals surface area contributed by atoms with Gasteiger partial charge in [-0.2, -0.15) is 0 Å². The average molecular weight is 1120 g/mol. The van der Waals surface area contributed by atoms with Crippen LogP contribution < -0.4 is 0 Å². The lowest BCUT2D eigenvalue weighted by atomic mass is 10.1. The molecule has 11 nitrogen and oxygen atoms in total. The van der Waals surface area contributed by atoms with E-state index < -0.39 is 57.8 Å². The quantitative estimate of drug-likeness (QED) is 0.0197. The summed E-state index contributed by atoms with van der Waals surface area (Å²) in [6.45, 7) is 4.48. The summed E-state index contributed by atoms with van der Waals surface area (Å²) in [5, 5.41) is 9.84. The van der Waals surface area contributed by atoms with Crippen molar-refractivity contribution in [3.63, 3.8) is 0 Å². The number of carbonyl (C=O) groups is 3. The molecule has 3 atom stereocenters. The first-order chi connectivity index (χ1) is 38.2. The lowest BCUT2D eigenvalue weighted by Gasteiger charge is -2.21. The molecular weight excluding hydrogens is 1000 g/mol. The van der Waals surface area contributed by atoms with Gasteiger partial charge in [-0.1, -0.05) is 228 Å². The predicted molar refractivity (Wildman–Crippen MR) is 325 cm³/mol. The minimum Gasteiger partial charge on any atom is -0.462 e. The number of rotatable bonds is 58. The van der Waals surface area contributed by atoms with E-state index in [-0.39, 0.29) is 25.9 Å². The number of unbranched alkanes of at least 4 members (excludes halogenated alkanes) is 27. The van der Waals surface area contributed by atoms with Gasteiger partial charge in [0.25, 0.3) is 0 Å². The van der Waals surface area contributed by atoms with Crippen LogP contribution in [0.1, 0.15) is 278 Å². The summed E-state index contributed by atoms with van der Waals surface area (Å²) < 4.78 is 39.6. The molecule has 2 N–H and O–H groups in total. The van der Waals surface area contributed by atoms with Crippen LogP contribution in [0.3, 0.4) is 0 Å². The van der Waals surface area contributed by atoms with Gasteiger partial charge in [0.2, 0.25) is 0 Å². The van der Waals surface area contributed by atoms with Crippen molar-refractivity contribution in [1.29, 1.82) is 0 Å². The van der Waals surface area contributed by atoms with Crippen LogP contribution in [-0.4, -0.2) is 66.5 Å². The topological polar surface area (TPSA) is 155 Å². The number of hydrogen-bond donors (Lipinski definition) is 2. The van der Waals surface area contributed by atoms with Crippen molar-refractivity contribution in [3.8, 4) is 0 Å². The van der Waals surface area contributed by atoms with Gasteiger partial charge >= 0.3 is 25.7 Å². The number of phosphoric ester groups is 1. The van der Waals surface area contributed by atoms with Gasteiger partial charge in [0.05, 0.1) is 19.8 Å². The van der Waals surface area contributed by atoms with E-state index in [2.05, 4.69) is 106 Å². The van der Waals surface area contributed by atoms with Crippen LogP contribution in [-0.2, 0) is 42.2 Å². The zero-order valence-electron chi connectivity index (χ0n) is 49.9. The molecule has 0 aliphatic rings. The summed E-state index contributed by atoms with van der Waals surface area (Å²) in [5.74, 6) is -1.50. The molecule has 0 aliphatic carbocycles. The van der Waals surface area contributed by atoms with Crippen LogP contribution in [0.5, 0.6) is 0 Å². The van der Waals surface area contributed by atoms with Gasteiger partial charge in [-0.05, 0) is 116 Å². The van der Waals surface area contributed by atoms with Crippen molar-refractivity contribution in [2.45, 2.75) is 290 Å². The Morgan fingerprint density at radius 1 is 0.372 bits per heavy atom. The number of phosphoric acid groups is 1. The smallest absolute Gasteiger partial charge is 0.462 e.